The van der Waals surface area contributed by atoms with E-state index in [1.165, 1.54) is 31.2 Å². The van der Waals surface area contributed by atoms with Gasteiger partial charge in [-0.2, -0.15) is 27.4 Å². The summed E-state index contributed by atoms with van der Waals surface area (Å²) in [7, 11) is -8.97. The molecular formula is C38H28N10O7S3. The number of thiophene rings is 1. The van der Waals surface area contributed by atoms with Gasteiger partial charge in [0, 0.05) is 35.1 Å². The van der Waals surface area contributed by atoms with Crippen LogP contribution >= 0.6 is 11.3 Å². The lowest BCUT2D eigenvalue weighted by molar-refractivity contribution is -0.114. The number of nitrogens with zero attached hydrogens (tertiary/aromatic N) is 7. The highest BCUT2D eigenvalue weighted by Crippen LogP contribution is 2.48. The molecule has 1 amide bonds. The van der Waals surface area contributed by atoms with Gasteiger partial charge in [0.1, 0.15) is 28.4 Å². The Kier molecular flexibility index (Phi) is 11.8. The molecule has 0 aliphatic carbocycles. The highest BCUT2D eigenvalue weighted by atomic mass is 32.2. The standard InChI is InChI=1S/C38H28N10O7S3/c1-22-31(20-39)35(42-26-12-16-29(17-13-26)57(50,51)52)44-36(43-27-14-18-30(19-15-27)58(53,54)55)34(22)46-47-37-32(21-40)33(24-8-10-25(11-9-24)41-23(2)49)38(56-37)48-45-28-6-4-3-5-7-28/h3-19H,1-2H3,(H,41,49)(H2,42,43,44)(H,50,51,52)(H,53,54,55)/b47-46+,48-45?. The van der Waals surface area contributed by atoms with E-state index in [0.717, 1.165) is 35.6 Å². The van der Waals surface area contributed by atoms with Gasteiger partial charge in [-0.25, -0.2) is 4.98 Å². The number of nitriles is 2. The summed E-state index contributed by atoms with van der Waals surface area (Å²) in [4.78, 5) is 15.5. The fraction of sp³-hybridized carbons (Fsp3) is 0.0526. The maximum atomic E-state index is 11.7. The lowest BCUT2D eigenvalue weighted by atomic mass is 10.0. The Morgan fingerprint density at radius 2 is 1.19 bits per heavy atom. The van der Waals surface area contributed by atoms with Gasteiger partial charge in [0.25, 0.3) is 20.2 Å². The minimum absolute atomic E-state index is 0.0121. The van der Waals surface area contributed by atoms with Crippen LogP contribution in [0, 0.1) is 29.6 Å². The van der Waals surface area contributed by atoms with Crippen LogP contribution in [-0.2, 0) is 25.0 Å². The van der Waals surface area contributed by atoms with Crippen LogP contribution in [0.1, 0.15) is 23.6 Å². The highest BCUT2D eigenvalue weighted by Gasteiger charge is 2.23. The van der Waals surface area contributed by atoms with E-state index in [1.807, 2.05) is 6.07 Å². The first-order valence-corrected chi connectivity index (χ1v) is 20.3. The van der Waals surface area contributed by atoms with Crippen molar-refractivity contribution in [3.05, 3.63) is 120 Å². The molecule has 0 atom stereocenters. The van der Waals surface area contributed by atoms with Gasteiger partial charge in [-0.1, -0.05) is 41.7 Å². The molecule has 5 N–H and O–H groups in total. The quantitative estimate of drug-likeness (QED) is 0.0569. The Bertz CT molecular complexity index is 2910. The molecule has 2 aromatic heterocycles. The lowest BCUT2D eigenvalue weighted by Gasteiger charge is -2.16. The molecule has 0 radical (unpaired) electrons. The second-order valence-electron chi connectivity index (χ2n) is 12.1. The van der Waals surface area contributed by atoms with E-state index in [0.29, 0.717) is 38.9 Å². The van der Waals surface area contributed by atoms with Crippen LogP contribution in [0.15, 0.2) is 133 Å². The van der Waals surface area contributed by atoms with Crippen LogP contribution < -0.4 is 16.0 Å². The van der Waals surface area contributed by atoms with Gasteiger partial charge >= 0.3 is 0 Å². The van der Waals surface area contributed by atoms with Crippen molar-refractivity contribution >= 4 is 87.6 Å². The second kappa shape index (κ2) is 16.9. The summed E-state index contributed by atoms with van der Waals surface area (Å²) in [6, 6.07) is 30.0. The Morgan fingerprint density at radius 3 is 1.71 bits per heavy atom. The molecule has 6 aromatic rings. The van der Waals surface area contributed by atoms with Crippen molar-refractivity contribution in [2.24, 2.45) is 20.5 Å². The predicted octanol–water partition coefficient (Wildman–Crippen LogP) is 9.63. The zero-order valence-corrected chi connectivity index (χ0v) is 32.6. The van der Waals surface area contributed by atoms with Crippen LogP contribution in [0.5, 0.6) is 0 Å². The van der Waals surface area contributed by atoms with Crippen molar-refractivity contribution in [1.29, 1.82) is 10.5 Å². The Balaban J connectivity index is 1.48. The van der Waals surface area contributed by atoms with Crippen LogP contribution in [0.3, 0.4) is 0 Å². The molecule has 0 saturated carbocycles. The molecule has 0 saturated heterocycles. The van der Waals surface area contributed by atoms with Crippen molar-refractivity contribution in [3.8, 4) is 23.3 Å². The zero-order chi connectivity index (χ0) is 41.6. The molecule has 290 valence electrons. The largest absolute Gasteiger partial charge is 0.339 e. The topological polar surface area (TPSA) is 272 Å². The summed E-state index contributed by atoms with van der Waals surface area (Å²) >= 11 is 1.02. The Labute approximate surface area is 335 Å². The minimum atomic E-state index is -4.50. The monoisotopic (exact) mass is 832 g/mol. The molecule has 0 fully saturated rings. The lowest BCUT2D eigenvalue weighted by Crippen LogP contribution is -2.05. The molecule has 4 aromatic carbocycles. The maximum absolute atomic E-state index is 11.7. The maximum Gasteiger partial charge on any atom is 0.294 e. The van der Waals surface area contributed by atoms with Crippen molar-refractivity contribution in [1.82, 2.24) is 4.98 Å². The van der Waals surface area contributed by atoms with Gasteiger partial charge in [0.05, 0.1) is 21.0 Å². The first kappa shape index (κ1) is 40.5. The summed E-state index contributed by atoms with van der Waals surface area (Å²) < 4.78 is 65.4. The van der Waals surface area contributed by atoms with Crippen LogP contribution in [0.4, 0.5) is 50.1 Å². The Morgan fingerprint density at radius 1 is 0.672 bits per heavy atom. The molecule has 2 heterocycles. The average Bonchev–Trinajstić information content (AvgIpc) is 3.54. The summed E-state index contributed by atoms with van der Waals surface area (Å²) in [6.45, 7) is 2.96. The van der Waals surface area contributed by atoms with Gasteiger partial charge in [0.15, 0.2) is 16.6 Å². The van der Waals surface area contributed by atoms with Gasteiger partial charge in [-0.15, -0.1) is 20.5 Å². The van der Waals surface area contributed by atoms with Crippen molar-refractivity contribution < 1.29 is 30.7 Å². The summed E-state index contributed by atoms with van der Waals surface area (Å²) in [5.41, 5.74) is 3.11. The number of rotatable bonds is 12. The minimum Gasteiger partial charge on any atom is -0.339 e. The van der Waals surface area contributed by atoms with Crippen LogP contribution in [0.25, 0.3) is 11.1 Å². The molecule has 0 bridgehead atoms. The molecule has 6 rings (SSSR count). The van der Waals surface area contributed by atoms with Crippen LogP contribution in [0.2, 0.25) is 0 Å². The van der Waals surface area contributed by atoms with Gasteiger partial charge in [-0.05, 0) is 85.3 Å². The number of pyridine rings is 1. The van der Waals surface area contributed by atoms with Crippen molar-refractivity contribution in [2.75, 3.05) is 16.0 Å². The van der Waals surface area contributed by atoms with E-state index in [-0.39, 0.29) is 54.7 Å². The fourth-order valence-electron chi connectivity index (χ4n) is 5.36. The number of carbonyl (C=O) groups is 1. The molecule has 58 heavy (non-hydrogen) atoms. The molecule has 0 spiro atoms. The number of hydrogen-bond donors (Lipinski definition) is 5. The number of nitrogens with one attached hydrogen (secondary N) is 3. The SMILES string of the molecule is CC(=O)Nc1ccc(-c2c(N=Nc3ccccc3)sc(/N=N/c3c(Nc4ccc(S(=O)(=O)O)cc4)nc(Nc4ccc(S(=O)(=O)O)cc4)c(C#N)c3C)c2C#N)cc1. The third-order valence-corrected chi connectivity index (χ3v) is 10.8. The van der Waals surface area contributed by atoms with E-state index >= 15 is 0 Å². The van der Waals surface area contributed by atoms with Crippen molar-refractivity contribution in [2.45, 2.75) is 23.6 Å². The molecule has 0 aliphatic heterocycles. The number of carbonyl (C=O) groups excluding carboxylic acids is 1. The number of azo groups is 2. The third-order valence-electron chi connectivity index (χ3n) is 8.09. The number of benzene rings is 4. The first-order valence-electron chi connectivity index (χ1n) is 16.6. The highest BCUT2D eigenvalue weighted by molar-refractivity contribution is 7.86. The molecule has 0 unspecified atom stereocenters. The molecular weight excluding hydrogens is 805 g/mol. The van der Waals surface area contributed by atoms with E-state index in [9.17, 15) is 41.3 Å². The number of aromatic nitrogens is 1. The van der Waals surface area contributed by atoms with E-state index in [1.54, 1.807) is 55.5 Å². The smallest absolute Gasteiger partial charge is 0.294 e. The predicted molar refractivity (Wildman–Crippen MR) is 216 cm³/mol. The summed E-state index contributed by atoms with van der Waals surface area (Å²) in [5.74, 6) is -0.227. The normalized spacial score (nSPS) is 11.6. The van der Waals surface area contributed by atoms with Gasteiger partial charge in [-0.3, -0.25) is 13.9 Å². The Hall–Kier alpha value is -7.20. The first-order chi connectivity index (χ1) is 27.6. The molecule has 17 nitrogen and oxygen atoms in total. The van der Waals surface area contributed by atoms with Gasteiger partial charge in [0.2, 0.25) is 5.91 Å². The van der Waals surface area contributed by atoms with Crippen molar-refractivity contribution in [3.63, 3.8) is 0 Å². The molecule has 0 aliphatic rings. The second-order valence-corrected chi connectivity index (χ2v) is 15.9. The number of hydrogen-bond acceptors (Lipinski definition) is 15. The van der Waals surface area contributed by atoms with Crippen LogP contribution in [-0.4, -0.2) is 36.8 Å². The van der Waals surface area contributed by atoms with E-state index in [2.05, 4.69) is 53.5 Å². The number of anilines is 5. The van der Waals surface area contributed by atoms with E-state index in [4.69, 9.17) is 0 Å². The third kappa shape index (κ3) is 9.42. The van der Waals surface area contributed by atoms with E-state index < -0.39 is 20.2 Å². The summed E-state index contributed by atoms with van der Waals surface area (Å²) in [6.07, 6.45) is 0. The average molecular weight is 833 g/mol. The number of amides is 1. The van der Waals surface area contributed by atoms with Gasteiger partial charge < -0.3 is 16.0 Å². The fourth-order valence-corrected chi connectivity index (χ4v) is 7.24. The zero-order valence-electron chi connectivity index (χ0n) is 30.1. The molecule has 20 heteroatoms. The summed E-state index contributed by atoms with van der Waals surface area (Å²) in [5, 5.41) is 47.7.